The molecule has 0 spiro atoms. The first-order valence-corrected chi connectivity index (χ1v) is 10.6. The Bertz CT molecular complexity index is 868. The number of carbonyl (C=O) groups is 1. The van der Waals surface area contributed by atoms with Gasteiger partial charge in [-0.3, -0.25) is 0 Å². The number of phenolic OH excluding ortho intramolecular Hbond substituents is 1. The van der Waals surface area contributed by atoms with Crippen molar-refractivity contribution < 1.29 is 54.4 Å². The van der Waals surface area contributed by atoms with E-state index in [9.17, 15) is 35.4 Å². The van der Waals surface area contributed by atoms with E-state index in [0.29, 0.717) is 0 Å². The summed E-state index contributed by atoms with van der Waals surface area (Å²) in [4.78, 5) is 12.6. The van der Waals surface area contributed by atoms with Gasteiger partial charge in [-0.05, 0) is 37.3 Å². The van der Waals surface area contributed by atoms with Gasteiger partial charge in [0.15, 0.2) is 6.29 Å². The molecule has 1 aromatic rings. The molecule has 182 valence electrons. The van der Waals surface area contributed by atoms with Crippen molar-refractivity contribution in [3.63, 3.8) is 0 Å². The largest absolute Gasteiger partial charge is 0.508 e. The lowest BCUT2D eigenvalue weighted by Crippen LogP contribution is -2.60. The first kappa shape index (κ1) is 23.9. The third-order valence-electron chi connectivity index (χ3n) is 6.46. The number of fused-ring (bicyclic) bond motifs is 1. The Hall–Kier alpha value is -2.25. The average molecular weight is 468 g/mol. The lowest BCUT2D eigenvalue weighted by molar-refractivity contribution is -0.346. The van der Waals surface area contributed by atoms with Crippen LogP contribution in [0.15, 0.2) is 36.6 Å². The lowest BCUT2D eigenvalue weighted by Gasteiger charge is -2.43. The van der Waals surface area contributed by atoms with Gasteiger partial charge in [-0.1, -0.05) is 0 Å². The van der Waals surface area contributed by atoms with E-state index in [1.54, 1.807) is 13.0 Å². The van der Waals surface area contributed by atoms with Gasteiger partial charge < -0.3 is 49.6 Å². The third kappa shape index (κ3) is 4.58. The van der Waals surface area contributed by atoms with E-state index in [1.165, 1.54) is 30.5 Å². The van der Waals surface area contributed by atoms with Crippen LogP contribution in [0.3, 0.4) is 0 Å². The lowest BCUT2D eigenvalue weighted by atomic mass is 9.85. The molecule has 0 bridgehead atoms. The zero-order valence-corrected chi connectivity index (χ0v) is 17.8. The second kappa shape index (κ2) is 9.18. The Balaban J connectivity index is 1.49. The number of aliphatic hydroxyl groups is 5. The highest BCUT2D eigenvalue weighted by atomic mass is 16.8. The number of phenols is 1. The summed E-state index contributed by atoms with van der Waals surface area (Å²) in [5.74, 6) is -1.84. The van der Waals surface area contributed by atoms with Crippen LogP contribution in [0.2, 0.25) is 0 Å². The Morgan fingerprint density at radius 1 is 1.12 bits per heavy atom. The van der Waals surface area contributed by atoms with E-state index in [0.717, 1.165) is 0 Å². The molecule has 1 aromatic carbocycles. The molecular formula is C22H28O11. The molecule has 10 atom stereocenters. The van der Waals surface area contributed by atoms with Crippen LogP contribution in [0.1, 0.15) is 23.7 Å². The molecule has 0 unspecified atom stereocenters. The number of aliphatic hydroxyl groups excluding tert-OH is 4. The zero-order chi connectivity index (χ0) is 23.9. The zero-order valence-electron chi connectivity index (χ0n) is 17.8. The molecule has 0 aromatic heterocycles. The second-order valence-electron chi connectivity index (χ2n) is 8.82. The quantitative estimate of drug-likeness (QED) is 0.292. The topological polar surface area (TPSA) is 175 Å². The summed E-state index contributed by atoms with van der Waals surface area (Å²) in [7, 11) is 0. The van der Waals surface area contributed by atoms with E-state index in [1.807, 2.05) is 0 Å². The standard InChI is InChI=1S/C22H28O11/c1-22(29)8-13(31-19(28)10-2-4-11(24)5-3-10)12-6-7-30-20(15(12)22)33-21-18(27)17(26)16(25)14(9-23)32-21/h2-7,12-18,20-21,23-27,29H,8-9H2,1H3/t12-,13-,14-,15+,16+,17+,18+,20-,21-,22-/m0/s1. The molecular weight excluding hydrogens is 440 g/mol. The van der Waals surface area contributed by atoms with Gasteiger partial charge >= 0.3 is 5.97 Å². The van der Waals surface area contributed by atoms with Crippen LogP contribution in [0, 0.1) is 11.8 Å². The predicted octanol–water partition coefficient (Wildman–Crippen LogP) is -1.01. The number of rotatable bonds is 5. The number of carbonyl (C=O) groups excluding carboxylic acids is 1. The summed E-state index contributed by atoms with van der Waals surface area (Å²) in [6.07, 6.45) is -6.21. The smallest absolute Gasteiger partial charge is 0.338 e. The molecule has 3 aliphatic rings. The summed E-state index contributed by atoms with van der Waals surface area (Å²) in [5, 5.41) is 60.1. The highest BCUT2D eigenvalue weighted by molar-refractivity contribution is 5.89. The maximum atomic E-state index is 12.6. The summed E-state index contributed by atoms with van der Waals surface area (Å²) in [6.45, 7) is 0.931. The van der Waals surface area contributed by atoms with Crippen molar-refractivity contribution in [1.29, 1.82) is 0 Å². The van der Waals surface area contributed by atoms with Crippen LogP contribution in [0.25, 0.3) is 0 Å². The van der Waals surface area contributed by atoms with Gasteiger partial charge in [-0.25, -0.2) is 4.79 Å². The third-order valence-corrected chi connectivity index (χ3v) is 6.46. The minimum absolute atomic E-state index is 0.0101. The highest BCUT2D eigenvalue weighted by Gasteiger charge is 2.58. The Morgan fingerprint density at radius 2 is 1.82 bits per heavy atom. The molecule has 11 heteroatoms. The first-order chi connectivity index (χ1) is 15.6. The van der Waals surface area contributed by atoms with Crippen molar-refractivity contribution in [2.24, 2.45) is 11.8 Å². The number of hydrogen-bond donors (Lipinski definition) is 6. The van der Waals surface area contributed by atoms with E-state index in [-0.39, 0.29) is 17.7 Å². The number of hydrogen-bond acceptors (Lipinski definition) is 11. The van der Waals surface area contributed by atoms with Crippen molar-refractivity contribution in [3.05, 3.63) is 42.2 Å². The fourth-order valence-electron chi connectivity index (χ4n) is 4.69. The van der Waals surface area contributed by atoms with Gasteiger partial charge in [0.2, 0.25) is 6.29 Å². The maximum Gasteiger partial charge on any atom is 0.338 e. The summed E-state index contributed by atoms with van der Waals surface area (Å²) >= 11 is 0. The summed E-state index contributed by atoms with van der Waals surface area (Å²) in [6, 6.07) is 5.58. The monoisotopic (exact) mass is 468 g/mol. The molecule has 6 N–H and O–H groups in total. The van der Waals surface area contributed by atoms with Crippen molar-refractivity contribution >= 4 is 5.97 Å². The van der Waals surface area contributed by atoms with Gasteiger partial charge in [0.1, 0.15) is 36.3 Å². The molecule has 1 saturated carbocycles. The van der Waals surface area contributed by atoms with Crippen LogP contribution in [0.5, 0.6) is 5.75 Å². The average Bonchev–Trinajstić information content (AvgIpc) is 3.05. The van der Waals surface area contributed by atoms with E-state index < -0.39 is 73.1 Å². The SMILES string of the molecule is C[C@]1(O)C[C@H](OC(=O)c2ccc(O)cc2)[C@@H]2C=CO[C@@H](O[C@@H]3O[C@@H](CO)[C@@H](O)[C@@H](O)[C@H]3O)[C@@H]21. The minimum Gasteiger partial charge on any atom is -0.508 e. The fourth-order valence-corrected chi connectivity index (χ4v) is 4.69. The van der Waals surface area contributed by atoms with Gasteiger partial charge in [0.05, 0.1) is 30.0 Å². The first-order valence-electron chi connectivity index (χ1n) is 10.6. The number of esters is 1. The van der Waals surface area contributed by atoms with Crippen LogP contribution in [0.4, 0.5) is 0 Å². The summed E-state index contributed by atoms with van der Waals surface area (Å²) < 4.78 is 22.3. The van der Waals surface area contributed by atoms with Crippen molar-refractivity contribution in [1.82, 2.24) is 0 Å². The van der Waals surface area contributed by atoms with Gasteiger partial charge in [0, 0.05) is 12.3 Å². The molecule has 4 rings (SSSR count). The molecule has 33 heavy (non-hydrogen) atoms. The number of benzene rings is 1. The van der Waals surface area contributed by atoms with Crippen LogP contribution in [-0.2, 0) is 18.9 Å². The number of ether oxygens (including phenoxy) is 4. The molecule has 2 heterocycles. The predicted molar refractivity (Wildman–Crippen MR) is 108 cm³/mol. The number of aromatic hydroxyl groups is 1. The Kier molecular flexibility index (Phi) is 6.65. The van der Waals surface area contributed by atoms with Crippen LogP contribution in [-0.4, -0.2) is 91.9 Å². The van der Waals surface area contributed by atoms with E-state index >= 15 is 0 Å². The minimum atomic E-state index is -1.63. The highest BCUT2D eigenvalue weighted by Crippen LogP contribution is 2.48. The van der Waals surface area contributed by atoms with Crippen molar-refractivity contribution in [2.45, 2.75) is 62.0 Å². The van der Waals surface area contributed by atoms with Crippen LogP contribution < -0.4 is 0 Å². The van der Waals surface area contributed by atoms with Gasteiger partial charge in [-0.15, -0.1) is 0 Å². The molecule has 2 fully saturated rings. The van der Waals surface area contributed by atoms with Gasteiger partial charge in [0.25, 0.3) is 0 Å². The molecule has 2 aliphatic heterocycles. The fraction of sp³-hybridized carbons (Fsp3) is 0.591. The normalized spacial score (nSPS) is 42.4. The van der Waals surface area contributed by atoms with Crippen molar-refractivity contribution in [3.8, 4) is 5.75 Å². The Morgan fingerprint density at radius 3 is 2.48 bits per heavy atom. The van der Waals surface area contributed by atoms with E-state index in [4.69, 9.17) is 18.9 Å². The molecule has 1 aliphatic carbocycles. The maximum absolute atomic E-state index is 12.6. The summed E-state index contributed by atoms with van der Waals surface area (Å²) in [5.41, 5.74) is -1.16. The molecule has 1 saturated heterocycles. The van der Waals surface area contributed by atoms with E-state index in [2.05, 4.69) is 0 Å². The molecule has 0 radical (unpaired) electrons. The van der Waals surface area contributed by atoms with Crippen molar-refractivity contribution in [2.75, 3.05) is 6.61 Å². The molecule has 11 nitrogen and oxygen atoms in total. The molecule has 0 amide bonds. The van der Waals surface area contributed by atoms with Crippen LogP contribution >= 0.6 is 0 Å². The van der Waals surface area contributed by atoms with Gasteiger partial charge in [-0.2, -0.15) is 0 Å². The Labute approximate surface area is 189 Å². The second-order valence-corrected chi connectivity index (χ2v) is 8.82.